The van der Waals surface area contributed by atoms with E-state index in [1.807, 2.05) is 0 Å². The highest BCUT2D eigenvalue weighted by atomic mass is 19.1. The van der Waals surface area contributed by atoms with E-state index in [1.54, 1.807) is 69.6 Å². The molecule has 1 N–H and O–H groups in total. The fourth-order valence-corrected chi connectivity index (χ4v) is 4.93. The quantitative estimate of drug-likeness (QED) is 0.175. The molecule has 45 heavy (non-hydrogen) atoms. The minimum atomic E-state index is -0.593. The van der Waals surface area contributed by atoms with Gasteiger partial charge < -0.3 is 24.3 Å². The van der Waals surface area contributed by atoms with Crippen LogP contribution in [-0.2, 0) is 4.74 Å². The van der Waals surface area contributed by atoms with Gasteiger partial charge in [-0.2, -0.15) is 0 Å². The monoisotopic (exact) mass is 610 g/mol. The lowest BCUT2D eigenvalue weighted by Gasteiger charge is -2.18. The number of benzene rings is 2. The van der Waals surface area contributed by atoms with E-state index in [1.165, 1.54) is 35.9 Å². The maximum atomic E-state index is 13.6. The van der Waals surface area contributed by atoms with Gasteiger partial charge in [-0.15, -0.1) is 0 Å². The second-order valence-electron chi connectivity index (χ2n) is 9.91. The Kier molecular flexibility index (Phi) is 9.20. The summed E-state index contributed by atoms with van der Waals surface area (Å²) in [6, 6.07) is 15.6. The van der Waals surface area contributed by atoms with Crippen LogP contribution in [0.4, 0.5) is 10.1 Å². The van der Waals surface area contributed by atoms with E-state index < -0.39 is 17.3 Å². The van der Waals surface area contributed by atoms with E-state index in [-0.39, 0.29) is 11.4 Å². The van der Waals surface area contributed by atoms with Gasteiger partial charge in [-0.1, -0.05) is 12.7 Å². The number of methoxy groups -OCH3 is 2. The third kappa shape index (κ3) is 6.38. The zero-order valence-electron chi connectivity index (χ0n) is 25.2. The van der Waals surface area contributed by atoms with Crippen LogP contribution in [0.1, 0.15) is 27.2 Å². The first-order chi connectivity index (χ1) is 21.7. The molecule has 0 aliphatic heterocycles. The summed E-state index contributed by atoms with van der Waals surface area (Å²) in [5, 5.41) is 2.80. The number of nitrogens with one attached hydrogen (secondary N) is 1. The number of amides is 1. The van der Waals surface area contributed by atoms with Crippen LogP contribution >= 0.6 is 0 Å². The topological polar surface area (TPSA) is 114 Å². The predicted octanol–water partition coefficient (Wildman–Crippen LogP) is 6.26. The van der Waals surface area contributed by atoms with Crippen LogP contribution in [0.2, 0.25) is 0 Å². The molecule has 3 aromatic heterocycles. The van der Waals surface area contributed by atoms with Crippen LogP contribution in [0, 0.1) is 19.7 Å². The van der Waals surface area contributed by atoms with E-state index in [2.05, 4.69) is 21.9 Å². The molecule has 0 saturated carbocycles. The summed E-state index contributed by atoms with van der Waals surface area (Å²) < 4.78 is 37.2. The fraction of sp³-hybridized carbons (Fsp3) is 0.176. The molecule has 0 spiro atoms. The molecule has 0 bridgehead atoms. The van der Waals surface area contributed by atoms with Gasteiger partial charge in [0.15, 0.2) is 11.5 Å². The number of pyridine rings is 3. The maximum absolute atomic E-state index is 13.6. The Morgan fingerprint density at radius 1 is 1.02 bits per heavy atom. The Balaban J connectivity index is 1.39. The first-order valence-electron chi connectivity index (χ1n) is 13.9. The number of hydrogen-bond acceptors (Lipinski definition) is 8. The van der Waals surface area contributed by atoms with Crippen molar-refractivity contribution >= 4 is 28.7 Å². The van der Waals surface area contributed by atoms with Gasteiger partial charge >= 0.3 is 0 Å². The second kappa shape index (κ2) is 13.4. The van der Waals surface area contributed by atoms with Crippen LogP contribution in [0.15, 0.2) is 78.2 Å². The molecule has 0 radical (unpaired) electrons. The molecule has 230 valence electrons. The molecule has 0 aliphatic carbocycles. The Morgan fingerprint density at radius 2 is 1.76 bits per heavy atom. The number of halogens is 1. The molecule has 10 nitrogen and oxygen atoms in total. The zero-order valence-corrected chi connectivity index (χ0v) is 25.2. The Bertz CT molecular complexity index is 1940. The fourth-order valence-electron chi connectivity index (χ4n) is 4.93. The largest absolute Gasteiger partial charge is 0.485 e. The average Bonchev–Trinajstić information content (AvgIpc) is 3.03. The lowest BCUT2D eigenvalue weighted by Crippen LogP contribution is -2.32. The number of hydrogen-bond donors (Lipinski definition) is 1. The molecule has 3 heterocycles. The summed E-state index contributed by atoms with van der Waals surface area (Å²) in [5.74, 6) is 0.591. The van der Waals surface area contributed by atoms with Crippen LogP contribution in [0.3, 0.4) is 0 Å². The van der Waals surface area contributed by atoms with E-state index >= 15 is 0 Å². The van der Waals surface area contributed by atoms with Gasteiger partial charge in [0.25, 0.3) is 17.3 Å². The number of rotatable bonds is 11. The van der Waals surface area contributed by atoms with Crippen LogP contribution < -0.4 is 25.1 Å². The molecule has 0 atom stereocenters. The first-order valence-corrected chi connectivity index (χ1v) is 13.9. The average molecular weight is 611 g/mol. The molecular weight excluding hydrogens is 579 g/mol. The maximum Gasteiger partial charge on any atom is 0.268 e. The van der Waals surface area contributed by atoms with Crippen molar-refractivity contribution in [1.29, 1.82) is 0 Å². The van der Waals surface area contributed by atoms with E-state index in [0.29, 0.717) is 69.7 Å². The highest BCUT2D eigenvalue weighted by Gasteiger charge is 2.22. The van der Waals surface area contributed by atoms with E-state index in [4.69, 9.17) is 18.9 Å². The zero-order chi connectivity index (χ0) is 32.1. The number of ether oxygens (including phenoxy) is 4. The normalized spacial score (nSPS) is 10.9. The van der Waals surface area contributed by atoms with Gasteiger partial charge in [-0.05, 0) is 73.5 Å². The van der Waals surface area contributed by atoms with Crippen molar-refractivity contribution in [2.45, 2.75) is 13.8 Å². The first kappa shape index (κ1) is 30.9. The van der Waals surface area contributed by atoms with Crippen molar-refractivity contribution in [2.75, 3.05) is 32.8 Å². The van der Waals surface area contributed by atoms with Crippen molar-refractivity contribution in [3.05, 3.63) is 112 Å². The number of aromatic nitrogens is 3. The predicted molar refractivity (Wildman–Crippen MR) is 169 cm³/mol. The molecule has 0 fully saturated rings. The van der Waals surface area contributed by atoms with Crippen LogP contribution in [-0.4, -0.2) is 47.9 Å². The summed E-state index contributed by atoms with van der Waals surface area (Å²) in [7, 11) is 3.08. The highest BCUT2D eigenvalue weighted by Crippen LogP contribution is 2.34. The van der Waals surface area contributed by atoms with Crippen molar-refractivity contribution in [1.82, 2.24) is 14.5 Å². The van der Waals surface area contributed by atoms with Crippen molar-refractivity contribution < 1.29 is 28.1 Å². The summed E-state index contributed by atoms with van der Waals surface area (Å²) in [6.07, 6.45) is 3.19. The van der Waals surface area contributed by atoms with Gasteiger partial charge in [0.05, 0.1) is 19.2 Å². The van der Waals surface area contributed by atoms with Gasteiger partial charge in [0, 0.05) is 42.5 Å². The van der Waals surface area contributed by atoms with Gasteiger partial charge in [-0.3, -0.25) is 19.1 Å². The minimum Gasteiger partial charge on any atom is -0.485 e. The minimum absolute atomic E-state index is 0.0472. The van der Waals surface area contributed by atoms with E-state index in [0.717, 1.165) is 0 Å². The molecule has 5 aromatic rings. The molecule has 2 aromatic carbocycles. The molecule has 0 aliphatic rings. The highest BCUT2D eigenvalue weighted by molar-refractivity contribution is 6.05. The summed E-state index contributed by atoms with van der Waals surface area (Å²) in [6.45, 7) is 8.04. The Hall–Kier alpha value is -5.55. The summed E-state index contributed by atoms with van der Waals surface area (Å²) >= 11 is 0. The molecule has 5 rings (SSSR count). The number of nitrogens with zero attached hydrogens (tertiary/aromatic N) is 3. The number of carbonyl (C=O) groups is 1. The Morgan fingerprint density at radius 3 is 2.42 bits per heavy atom. The van der Waals surface area contributed by atoms with Gasteiger partial charge in [-0.25, -0.2) is 9.37 Å². The molecule has 11 heteroatoms. The molecule has 0 unspecified atom stereocenters. The number of carbonyl (C=O) groups excluding carboxylic acids is 1. The SMILES string of the molecule is C=Cc1c(C)c(C(=O)Nc2ccc(Oc3ccnc4cc(OCCOC)c(OC)nc34)cc2)c(=O)n(-c2ccc(F)cc2)c1C. The number of anilines is 1. The lowest BCUT2D eigenvalue weighted by atomic mass is 10.0. The lowest BCUT2D eigenvalue weighted by molar-refractivity contribution is 0.102. The van der Waals surface area contributed by atoms with Crippen LogP contribution in [0.25, 0.3) is 22.8 Å². The summed E-state index contributed by atoms with van der Waals surface area (Å²) in [5.41, 5.74) is 3.02. The standard InChI is InChI=1S/C34H31FN4O6/c1-6-26-20(2)30(34(41)39(21(26)3)24-11-7-22(35)8-12-24)32(40)37-23-9-13-25(14-10-23)45-28-15-16-36-27-19-29(44-18-17-42-4)33(43-5)38-31(27)28/h6-16,19H,1,17-18H2,2-5H3,(H,37,40). The van der Waals surface area contributed by atoms with Crippen molar-refractivity contribution in [3.8, 4) is 28.8 Å². The number of fused-ring (bicyclic) bond motifs is 1. The second-order valence-corrected chi connectivity index (χ2v) is 9.91. The third-order valence-corrected chi connectivity index (χ3v) is 7.12. The van der Waals surface area contributed by atoms with E-state index in [9.17, 15) is 14.0 Å². The third-order valence-electron chi connectivity index (χ3n) is 7.12. The Labute approximate surface area is 258 Å². The van der Waals surface area contributed by atoms with Crippen molar-refractivity contribution in [2.24, 2.45) is 0 Å². The van der Waals surface area contributed by atoms with Gasteiger partial charge in [0.1, 0.15) is 29.3 Å². The van der Waals surface area contributed by atoms with Crippen molar-refractivity contribution in [3.63, 3.8) is 0 Å². The molecule has 0 saturated heterocycles. The smallest absolute Gasteiger partial charge is 0.268 e. The molecule has 1 amide bonds. The van der Waals surface area contributed by atoms with Crippen LogP contribution in [0.5, 0.6) is 23.1 Å². The van der Waals surface area contributed by atoms with Gasteiger partial charge in [0.2, 0.25) is 0 Å². The summed E-state index contributed by atoms with van der Waals surface area (Å²) in [4.78, 5) is 36.0. The molecular formula is C34H31FN4O6.